The molecule has 122 valence electrons. The molecular weight excluding hydrogens is 290 g/mol. The molecule has 0 spiro atoms. The molecule has 8 nitrogen and oxygen atoms in total. The number of rotatable bonds is 4. The lowest BCUT2D eigenvalue weighted by Crippen LogP contribution is -2.40. The highest BCUT2D eigenvalue weighted by atomic mass is 16.5. The summed E-state index contributed by atoms with van der Waals surface area (Å²) in [7, 11) is 1.37. The Balaban J connectivity index is 1.77. The fourth-order valence-corrected chi connectivity index (χ4v) is 2.94. The summed E-state index contributed by atoms with van der Waals surface area (Å²) in [5, 5.41) is 4.21. The molecule has 1 aliphatic carbocycles. The predicted molar refractivity (Wildman–Crippen MR) is 75.6 cm³/mol. The number of nitrogens with one attached hydrogen (secondary N) is 2. The van der Waals surface area contributed by atoms with E-state index < -0.39 is 30.4 Å². The highest BCUT2D eigenvalue weighted by Gasteiger charge is 2.39. The molecule has 0 radical (unpaired) electrons. The molecular formula is C14H21N3O5. The van der Waals surface area contributed by atoms with Crippen molar-refractivity contribution < 1.29 is 23.9 Å². The maximum absolute atomic E-state index is 12.0. The average Bonchev–Trinajstić information content (AvgIpc) is 3.13. The quantitative estimate of drug-likeness (QED) is 0.698. The number of hydrogen-bond donors (Lipinski definition) is 2. The topological polar surface area (TPSA) is 105 Å². The van der Waals surface area contributed by atoms with Crippen LogP contribution in [0, 0.1) is 5.92 Å². The van der Waals surface area contributed by atoms with Gasteiger partial charge in [0.1, 0.15) is 0 Å². The first kappa shape index (κ1) is 16.3. The number of imide groups is 1. The standard InChI is InChI=1S/C14H21N3O5/c1-15-14(21)16-11(18)8-22-13(20)9-6-12(19)17(7-9)10-4-2-3-5-10/h9-10H,2-8H2,1H3,(H2,15,16,18,21)/t9-/m0/s1. The van der Waals surface area contributed by atoms with Crippen LogP contribution in [0.4, 0.5) is 4.79 Å². The Labute approximate surface area is 128 Å². The van der Waals surface area contributed by atoms with Gasteiger partial charge in [-0.2, -0.15) is 0 Å². The number of amides is 4. The number of carbonyl (C=O) groups is 4. The zero-order chi connectivity index (χ0) is 16.1. The number of esters is 1. The normalized spacial score (nSPS) is 21.8. The van der Waals surface area contributed by atoms with Crippen molar-refractivity contribution in [2.45, 2.75) is 38.1 Å². The Morgan fingerprint density at radius 1 is 1.27 bits per heavy atom. The van der Waals surface area contributed by atoms with Crippen LogP contribution < -0.4 is 10.6 Å². The summed E-state index contributed by atoms with van der Waals surface area (Å²) in [4.78, 5) is 47.9. The lowest BCUT2D eigenvalue weighted by atomic mass is 10.1. The van der Waals surface area contributed by atoms with Crippen molar-refractivity contribution in [1.82, 2.24) is 15.5 Å². The van der Waals surface area contributed by atoms with Crippen LogP contribution in [0.3, 0.4) is 0 Å². The molecule has 4 amide bonds. The van der Waals surface area contributed by atoms with Gasteiger partial charge in [0.2, 0.25) is 5.91 Å². The van der Waals surface area contributed by atoms with Crippen LogP contribution in [0.5, 0.6) is 0 Å². The first-order valence-corrected chi connectivity index (χ1v) is 7.49. The SMILES string of the molecule is CNC(=O)NC(=O)COC(=O)[C@H]1CC(=O)N(C2CCCC2)C1. The number of likely N-dealkylation sites (tertiary alicyclic amines) is 1. The summed E-state index contributed by atoms with van der Waals surface area (Å²) in [6, 6.07) is -0.425. The second-order valence-corrected chi connectivity index (χ2v) is 5.62. The third kappa shape index (κ3) is 3.96. The van der Waals surface area contributed by atoms with Gasteiger partial charge in [0.25, 0.3) is 5.91 Å². The third-order valence-corrected chi connectivity index (χ3v) is 4.08. The minimum absolute atomic E-state index is 0.0244. The van der Waals surface area contributed by atoms with Crippen molar-refractivity contribution >= 4 is 23.8 Å². The molecule has 2 aliphatic rings. The highest BCUT2D eigenvalue weighted by molar-refractivity contribution is 5.95. The van der Waals surface area contributed by atoms with E-state index in [4.69, 9.17) is 4.74 Å². The number of nitrogens with zero attached hydrogens (tertiary/aromatic N) is 1. The molecule has 0 aromatic heterocycles. The second kappa shape index (κ2) is 7.24. The Morgan fingerprint density at radius 3 is 2.59 bits per heavy atom. The number of ether oxygens (including phenoxy) is 1. The van der Waals surface area contributed by atoms with E-state index in [1.54, 1.807) is 4.90 Å². The van der Waals surface area contributed by atoms with Crippen LogP contribution in [-0.4, -0.2) is 55.0 Å². The summed E-state index contributed by atoms with van der Waals surface area (Å²) in [6.45, 7) is -0.167. The fourth-order valence-electron chi connectivity index (χ4n) is 2.94. The fraction of sp³-hybridized carbons (Fsp3) is 0.714. The van der Waals surface area contributed by atoms with Gasteiger partial charge in [0, 0.05) is 26.1 Å². The largest absolute Gasteiger partial charge is 0.455 e. The maximum Gasteiger partial charge on any atom is 0.321 e. The van der Waals surface area contributed by atoms with Crippen LogP contribution in [0.15, 0.2) is 0 Å². The van der Waals surface area contributed by atoms with Gasteiger partial charge in [-0.05, 0) is 12.8 Å². The van der Waals surface area contributed by atoms with Crippen molar-refractivity contribution in [3.63, 3.8) is 0 Å². The molecule has 2 N–H and O–H groups in total. The van der Waals surface area contributed by atoms with Gasteiger partial charge < -0.3 is 15.0 Å². The van der Waals surface area contributed by atoms with Gasteiger partial charge in [-0.25, -0.2) is 4.79 Å². The van der Waals surface area contributed by atoms with Crippen LogP contribution >= 0.6 is 0 Å². The zero-order valence-corrected chi connectivity index (χ0v) is 12.6. The van der Waals surface area contributed by atoms with E-state index in [1.807, 2.05) is 5.32 Å². The molecule has 0 bridgehead atoms. The Bertz CT molecular complexity index is 473. The molecule has 0 aromatic rings. The highest BCUT2D eigenvalue weighted by Crippen LogP contribution is 2.29. The lowest BCUT2D eigenvalue weighted by molar-refractivity contribution is -0.152. The molecule has 1 saturated carbocycles. The van der Waals surface area contributed by atoms with Crippen LogP contribution in [0.25, 0.3) is 0 Å². The van der Waals surface area contributed by atoms with Crippen molar-refractivity contribution in [3.8, 4) is 0 Å². The summed E-state index contributed by atoms with van der Waals surface area (Å²) in [5.41, 5.74) is 0. The molecule has 1 atom stereocenters. The predicted octanol–water partition coefficient (Wildman–Crippen LogP) is -0.224. The monoisotopic (exact) mass is 311 g/mol. The number of urea groups is 1. The third-order valence-electron chi connectivity index (χ3n) is 4.08. The first-order valence-electron chi connectivity index (χ1n) is 7.49. The zero-order valence-electron chi connectivity index (χ0n) is 12.6. The molecule has 2 fully saturated rings. The summed E-state index contributed by atoms with van der Waals surface area (Å²) >= 11 is 0. The van der Waals surface area contributed by atoms with Crippen LogP contribution in [0.2, 0.25) is 0 Å². The average molecular weight is 311 g/mol. The smallest absolute Gasteiger partial charge is 0.321 e. The van der Waals surface area contributed by atoms with E-state index in [9.17, 15) is 19.2 Å². The molecule has 22 heavy (non-hydrogen) atoms. The Hall–Kier alpha value is -2.12. The van der Waals surface area contributed by atoms with Gasteiger partial charge in [-0.3, -0.25) is 19.7 Å². The molecule has 0 aromatic carbocycles. The summed E-state index contributed by atoms with van der Waals surface area (Å²) in [5.74, 6) is -1.82. The summed E-state index contributed by atoms with van der Waals surface area (Å²) < 4.78 is 4.88. The molecule has 1 aliphatic heterocycles. The van der Waals surface area contributed by atoms with E-state index in [0.717, 1.165) is 25.7 Å². The maximum atomic E-state index is 12.0. The molecule has 2 rings (SSSR count). The first-order chi connectivity index (χ1) is 10.5. The van der Waals surface area contributed by atoms with Crippen molar-refractivity contribution in [2.75, 3.05) is 20.2 Å². The van der Waals surface area contributed by atoms with Gasteiger partial charge >= 0.3 is 12.0 Å². The molecule has 1 saturated heterocycles. The van der Waals surface area contributed by atoms with Crippen molar-refractivity contribution in [3.05, 3.63) is 0 Å². The van der Waals surface area contributed by atoms with E-state index in [0.29, 0.717) is 6.54 Å². The van der Waals surface area contributed by atoms with E-state index in [1.165, 1.54) is 7.05 Å². The Kier molecular flexibility index (Phi) is 5.35. The Morgan fingerprint density at radius 2 is 1.95 bits per heavy atom. The van der Waals surface area contributed by atoms with Gasteiger partial charge in [0.05, 0.1) is 5.92 Å². The molecule has 0 unspecified atom stereocenters. The summed E-state index contributed by atoms with van der Waals surface area (Å²) in [6.07, 6.45) is 4.34. The van der Waals surface area contributed by atoms with Gasteiger partial charge in [0.15, 0.2) is 6.61 Å². The second-order valence-electron chi connectivity index (χ2n) is 5.62. The van der Waals surface area contributed by atoms with Crippen molar-refractivity contribution in [1.29, 1.82) is 0 Å². The van der Waals surface area contributed by atoms with Gasteiger partial charge in [-0.1, -0.05) is 12.8 Å². The van der Waals surface area contributed by atoms with E-state index in [2.05, 4.69) is 5.32 Å². The molecule has 1 heterocycles. The molecule has 8 heteroatoms. The minimum Gasteiger partial charge on any atom is -0.455 e. The van der Waals surface area contributed by atoms with E-state index in [-0.39, 0.29) is 18.4 Å². The number of hydrogen-bond acceptors (Lipinski definition) is 5. The van der Waals surface area contributed by atoms with E-state index >= 15 is 0 Å². The van der Waals surface area contributed by atoms with Crippen LogP contribution in [-0.2, 0) is 19.1 Å². The van der Waals surface area contributed by atoms with Gasteiger partial charge in [-0.15, -0.1) is 0 Å². The lowest BCUT2D eigenvalue weighted by Gasteiger charge is -2.23. The number of carbonyl (C=O) groups excluding carboxylic acids is 4. The van der Waals surface area contributed by atoms with Crippen LogP contribution in [0.1, 0.15) is 32.1 Å². The van der Waals surface area contributed by atoms with Crippen molar-refractivity contribution in [2.24, 2.45) is 5.92 Å². The minimum atomic E-state index is -0.704.